The number of pyridine rings is 2. The highest BCUT2D eigenvalue weighted by atomic mass is 32.1. The van der Waals surface area contributed by atoms with Crippen LogP contribution in [0.5, 0.6) is 0 Å². The molecule has 0 aromatic carbocycles. The lowest BCUT2D eigenvalue weighted by Crippen LogP contribution is -2.42. The van der Waals surface area contributed by atoms with E-state index in [0.29, 0.717) is 36.0 Å². The Morgan fingerprint density at radius 2 is 2.19 bits per heavy atom. The number of nitrogens with one attached hydrogen (secondary N) is 2. The van der Waals surface area contributed by atoms with Crippen LogP contribution in [0.3, 0.4) is 0 Å². The Morgan fingerprint density at radius 1 is 1.32 bits per heavy atom. The summed E-state index contributed by atoms with van der Waals surface area (Å²) in [6, 6.07) is 7.12. The van der Waals surface area contributed by atoms with Gasteiger partial charge in [0.2, 0.25) is 0 Å². The first-order valence-corrected chi connectivity index (χ1v) is 10.7. The van der Waals surface area contributed by atoms with E-state index in [-0.39, 0.29) is 25.0 Å². The number of morpholine rings is 1. The van der Waals surface area contributed by atoms with E-state index in [1.54, 1.807) is 36.5 Å². The lowest BCUT2D eigenvalue weighted by atomic mass is 10.0. The normalized spacial score (nSPS) is 16.3. The molecule has 1 aliphatic heterocycles. The number of ether oxygens (including phenoxy) is 1. The van der Waals surface area contributed by atoms with Crippen LogP contribution in [0, 0.1) is 0 Å². The monoisotopic (exact) mass is 441 g/mol. The molecule has 0 saturated carbocycles. The van der Waals surface area contributed by atoms with Crippen LogP contribution in [-0.4, -0.2) is 71.7 Å². The molecule has 3 aromatic heterocycles. The van der Waals surface area contributed by atoms with Crippen LogP contribution >= 0.6 is 11.3 Å². The Kier molecular flexibility index (Phi) is 6.40. The molecule has 1 atom stereocenters. The van der Waals surface area contributed by atoms with Crippen LogP contribution in [-0.2, 0) is 4.74 Å². The SMILES string of the molecule is CNc1cc(C(=O)N2CCOC(c3c(C(=O)NCCO)sc4ncccc34)C2)ccn1. The smallest absolute Gasteiger partial charge is 0.261 e. The fourth-order valence-corrected chi connectivity index (χ4v) is 4.69. The van der Waals surface area contributed by atoms with Crippen molar-refractivity contribution in [3.63, 3.8) is 0 Å². The number of aromatic nitrogens is 2. The number of nitrogens with zero attached hydrogens (tertiary/aromatic N) is 3. The van der Waals surface area contributed by atoms with Gasteiger partial charge in [0.05, 0.1) is 19.8 Å². The number of carbonyl (C=O) groups is 2. The van der Waals surface area contributed by atoms with Gasteiger partial charge in [0.1, 0.15) is 21.6 Å². The van der Waals surface area contributed by atoms with Crippen LogP contribution < -0.4 is 10.6 Å². The maximum Gasteiger partial charge on any atom is 0.261 e. The molecule has 31 heavy (non-hydrogen) atoms. The largest absolute Gasteiger partial charge is 0.395 e. The number of rotatable bonds is 6. The highest BCUT2D eigenvalue weighted by molar-refractivity contribution is 7.20. The summed E-state index contributed by atoms with van der Waals surface area (Å²) in [5, 5.41) is 15.5. The molecule has 4 rings (SSSR count). The van der Waals surface area contributed by atoms with Crippen molar-refractivity contribution >= 4 is 39.2 Å². The molecule has 1 fully saturated rings. The van der Waals surface area contributed by atoms with Gasteiger partial charge in [0.15, 0.2) is 0 Å². The summed E-state index contributed by atoms with van der Waals surface area (Å²) in [7, 11) is 1.75. The zero-order valence-corrected chi connectivity index (χ0v) is 17.8. The fraction of sp³-hybridized carbons (Fsp3) is 0.333. The predicted molar refractivity (Wildman–Crippen MR) is 117 cm³/mol. The molecule has 9 nitrogen and oxygen atoms in total. The number of aliphatic hydroxyl groups is 1. The molecule has 1 unspecified atom stereocenters. The molecule has 162 valence electrons. The van der Waals surface area contributed by atoms with Crippen molar-refractivity contribution in [3.05, 3.63) is 52.7 Å². The molecule has 0 aliphatic carbocycles. The molecular formula is C21H23N5O4S. The van der Waals surface area contributed by atoms with Crippen molar-refractivity contribution < 1.29 is 19.4 Å². The lowest BCUT2D eigenvalue weighted by Gasteiger charge is -2.33. The highest BCUT2D eigenvalue weighted by Crippen LogP contribution is 2.37. The third kappa shape index (κ3) is 4.36. The van der Waals surface area contributed by atoms with E-state index in [1.165, 1.54) is 11.3 Å². The predicted octanol–water partition coefficient (Wildman–Crippen LogP) is 1.67. The van der Waals surface area contributed by atoms with Gasteiger partial charge in [0.25, 0.3) is 11.8 Å². The molecule has 3 aromatic rings. The average Bonchev–Trinajstić information content (AvgIpc) is 3.22. The van der Waals surface area contributed by atoms with E-state index in [9.17, 15) is 9.59 Å². The Morgan fingerprint density at radius 3 is 3.00 bits per heavy atom. The van der Waals surface area contributed by atoms with E-state index in [4.69, 9.17) is 9.84 Å². The van der Waals surface area contributed by atoms with Gasteiger partial charge in [-0.1, -0.05) is 6.07 Å². The molecular weight excluding hydrogens is 418 g/mol. The molecule has 4 heterocycles. The van der Waals surface area contributed by atoms with Crippen molar-refractivity contribution in [1.29, 1.82) is 0 Å². The van der Waals surface area contributed by atoms with E-state index >= 15 is 0 Å². The number of carbonyl (C=O) groups excluding carboxylic acids is 2. The minimum atomic E-state index is -0.462. The summed E-state index contributed by atoms with van der Waals surface area (Å²) < 4.78 is 6.02. The zero-order valence-electron chi connectivity index (χ0n) is 17.0. The summed E-state index contributed by atoms with van der Waals surface area (Å²) in [5.74, 6) is 0.219. The van der Waals surface area contributed by atoms with E-state index in [0.717, 1.165) is 15.8 Å². The number of amides is 2. The molecule has 3 N–H and O–H groups in total. The van der Waals surface area contributed by atoms with Crippen molar-refractivity contribution in [1.82, 2.24) is 20.2 Å². The molecule has 0 spiro atoms. The third-order valence-corrected chi connectivity index (χ3v) is 6.18. The molecule has 1 saturated heterocycles. The molecule has 2 amide bonds. The van der Waals surface area contributed by atoms with Crippen LogP contribution in [0.1, 0.15) is 31.7 Å². The topological polar surface area (TPSA) is 117 Å². The molecule has 10 heteroatoms. The second-order valence-corrected chi connectivity index (χ2v) is 7.97. The maximum absolute atomic E-state index is 13.1. The maximum atomic E-state index is 13.1. The fourth-order valence-electron chi connectivity index (χ4n) is 3.58. The second-order valence-electron chi connectivity index (χ2n) is 6.97. The second kappa shape index (κ2) is 9.38. The molecule has 0 radical (unpaired) electrons. The number of anilines is 1. The van der Waals surface area contributed by atoms with Gasteiger partial charge in [-0.2, -0.15) is 0 Å². The number of fused-ring (bicyclic) bond motifs is 1. The van der Waals surface area contributed by atoms with Crippen LogP contribution in [0.4, 0.5) is 5.82 Å². The quantitative estimate of drug-likeness (QED) is 0.533. The lowest BCUT2D eigenvalue weighted by molar-refractivity contribution is -0.0222. The van der Waals surface area contributed by atoms with Crippen molar-refractivity contribution in [2.45, 2.75) is 6.10 Å². The average molecular weight is 442 g/mol. The van der Waals surface area contributed by atoms with Crippen LogP contribution in [0.15, 0.2) is 36.7 Å². The Labute approximate surface area is 183 Å². The van der Waals surface area contributed by atoms with Gasteiger partial charge in [-0.25, -0.2) is 9.97 Å². The van der Waals surface area contributed by atoms with Crippen molar-refractivity contribution in [2.24, 2.45) is 0 Å². The Bertz CT molecular complexity index is 1100. The summed E-state index contributed by atoms with van der Waals surface area (Å²) in [5.41, 5.74) is 1.27. The van der Waals surface area contributed by atoms with Gasteiger partial charge in [-0.15, -0.1) is 11.3 Å². The summed E-state index contributed by atoms with van der Waals surface area (Å²) in [4.78, 5) is 37.3. The van der Waals surface area contributed by atoms with Crippen molar-refractivity contribution in [3.8, 4) is 0 Å². The van der Waals surface area contributed by atoms with E-state index in [1.807, 2.05) is 12.1 Å². The third-order valence-electron chi connectivity index (χ3n) is 5.05. The van der Waals surface area contributed by atoms with E-state index < -0.39 is 6.10 Å². The van der Waals surface area contributed by atoms with Gasteiger partial charge < -0.3 is 25.4 Å². The van der Waals surface area contributed by atoms with Gasteiger partial charge in [-0.3, -0.25) is 9.59 Å². The summed E-state index contributed by atoms with van der Waals surface area (Å²) >= 11 is 1.28. The van der Waals surface area contributed by atoms with Crippen LogP contribution in [0.2, 0.25) is 0 Å². The van der Waals surface area contributed by atoms with Crippen molar-refractivity contribution in [2.75, 3.05) is 45.2 Å². The van der Waals surface area contributed by atoms with Gasteiger partial charge in [-0.05, 0) is 18.2 Å². The van der Waals surface area contributed by atoms with Crippen LogP contribution in [0.25, 0.3) is 10.2 Å². The standard InChI is InChI=1S/C21H23N5O4S/c1-22-16-11-13(4-6-23-16)21(29)26-8-10-30-15(12-26)17-14-3-2-5-25-20(14)31-18(17)19(28)24-7-9-27/h2-6,11,15,27H,7-10,12H2,1H3,(H,22,23)(H,24,28). The summed E-state index contributed by atoms with van der Waals surface area (Å²) in [6.07, 6.45) is 2.81. The number of aliphatic hydroxyl groups excluding tert-OH is 1. The first kappa shape index (κ1) is 21.2. The minimum absolute atomic E-state index is 0.115. The number of hydrogen-bond donors (Lipinski definition) is 3. The molecule has 1 aliphatic rings. The minimum Gasteiger partial charge on any atom is -0.395 e. The van der Waals surface area contributed by atoms with E-state index in [2.05, 4.69) is 20.6 Å². The number of thiophene rings is 1. The zero-order chi connectivity index (χ0) is 21.8. The molecule has 0 bridgehead atoms. The first-order chi connectivity index (χ1) is 15.1. The first-order valence-electron chi connectivity index (χ1n) is 9.93. The Hall–Kier alpha value is -3.08. The number of hydrogen-bond acceptors (Lipinski definition) is 8. The summed E-state index contributed by atoms with van der Waals surface area (Å²) in [6.45, 7) is 1.14. The Balaban J connectivity index is 1.64. The van der Waals surface area contributed by atoms with Gasteiger partial charge in [0, 0.05) is 49.0 Å². The van der Waals surface area contributed by atoms with Gasteiger partial charge >= 0.3 is 0 Å². The highest BCUT2D eigenvalue weighted by Gasteiger charge is 2.32.